The summed E-state index contributed by atoms with van der Waals surface area (Å²) in [6.45, 7) is 4.05. The quantitative estimate of drug-likeness (QED) is 0.446. The van der Waals surface area contributed by atoms with E-state index < -0.39 is 35.8 Å². The molecule has 3 aromatic rings. The number of aryl methyl sites for hydroxylation is 2. The number of fused-ring (bicyclic) bond motifs is 5. The van der Waals surface area contributed by atoms with Crippen molar-refractivity contribution in [1.82, 2.24) is 35.0 Å². The van der Waals surface area contributed by atoms with Crippen LogP contribution in [0.15, 0.2) is 42.5 Å². The number of likely N-dealkylation sites (tertiary alicyclic amines) is 1. The molecule has 2 aromatic heterocycles. The molecule has 3 aliphatic rings. The SMILES string of the molecule is Cc1cc(C(F)(F)F)n2nc(C(=O)N3C[C@@H]4C[C@H](C3)[C@@H]3CCCC(=O)N[C@@H](CCc5ccccc5)C(=O)N[C@H](C)C(=O)N3C4)cc2n1. The first-order valence-electron chi connectivity index (χ1n) is 16.1. The van der Waals surface area contributed by atoms with E-state index in [1.807, 2.05) is 30.3 Å². The van der Waals surface area contributed by atoms with Gasteiger partial charge in [0.25, 0.3) is 5.91 Å². The van der Waals surface area contributed by atoms with Gasteiger partial charge in [0.15, 0.2) is 11.3 Å². The number of benzene rings is 1. The third-order valence-corrected chi connectivity index (χ3v) is 9.45. The third kappa shape index (κ3) is 6.96. The van der Waals surface area contributed by atoms with Crippen LogP contribution in [0.5, 0.6) is 0 Å². The van der Waals surface area contributed by atoms with Crippen LogP contribution in [0, 0.1) is 18.8 Å². The topological polar surface area (TPSA) is 129 Å². The van der Waals surface area contributed by atoms with E-state index in [4.69, 9.17) is 0 Å². The Morgan fingerprint density at radius 3 is 2.55 bits per heavy atom. The van der Waals surface area contributed by atoms with Gasteiger partial charge in [0.1, 0.15) is 17.8 Å². The molecule has 0 unspecified atom stereocenters. The van der Waals surface area contributed by atoms with E-state index >= 15 is 0 Å². The summed E-state index contributed by atoms with van der Waals surface area (Å²) in [7, 11) is 0. The maximum absolute atomic E-state index is 13.8. The molecule has 0 spiro atoms. The number of aromatic nitrogens is 3. The van der Waals surface area contributed by atoms with Gasteiger partial charge >= 0.3 is 6.18 Å². The average Bonchev–Trinajstić information content (AvgIpc) is 3.46. The summed E-state index contributed by atoms with van der Waals surface area (Å²) in [4.78, 5) is 61.3. The fraction of sp³-hybridized carbons (Fsp3) is 0.515. The molecule has 3 saturated heterocycles. The smallest absolute Gasteiger partial charge is 0.344 e. The Morgan fingerprint density at radius 1 is 1.04 bits per heavy atom. The van der Waals surface area contributed by atoms with Crippen LogP contribution in [0.2, 0.25) is 0 Å². The monoisotopic (exact) mass is 653 g/mol. The molecule has 2 N–H and O–H groups in total. The van der Waals surface area contributed by atoms with Gasteiger partial charge in [-0.15, -0.1) is 0 Å². The number of hydrogen-bond acceptors (Lipinski definition) is 6. The summed E-state index contributed by atoms with van der Waals surface area (Å²) in [6, 6.07) is 9.95. The molecule has 4 amide bonds. The second kappa shape index (κ2) is 13.0. The minimum Gasteiger partial charge on any atom is -0.344 e. The van der Waals surface area contributed by atoms with Crippen LogP contribution in [-0.2, 0) is 27.0 Å². The Balaban J connectivity index is 1.18. The molecule has 250 valence electrons. The number of hydrogen-bond donors (Lipinski definition) is 2. The predicted molar refractivity (Wildman–Crippen MR) is 164 cm³/mol. The molecular weight excluding hydrogens is 615 g/mol. The van der Waals surface area contributed by atoms with Gasteiger partial charge in [-0.3, -0.25) is 19.2 Å². The lowest BCUT2D eigenvalue weighted by Crippen LogP contribution is -2.63. The van der Waals surface area contributed by atoms with E-state index in [0.29, 0.717) is 43.3 Å². The van der Waals surface area contributed by atoms with Crippen LogP contribution in [0.25, 0.3) is 5.65 Å². The molecule has 0 radical (unpaired) electrons. The highest BCUT2D eigenvalue weighted by Crippen LogP contribution is 2.37. The zero-order valence-corrected chi connectivity index (χ0v) is 26.3. The highest BCUT2D eigenvalue weighted by atomic mass is 19.4. The van der Waals surface area contributed by atoms with Crippen LogP contribution < -0.4 is 10.6 Å². The normalized spacial score (nSPS) is 25.8. The number of alkyl halides is 3. The summed E-state index contributed by atoms with van der Waals surface area (Å²) < 4.78 is 41.8. The van der Waals surface area contributed by atoms with Crippen molar-refractivity contribution >= 4 is 29.3 Å². The fourth-order valence-corrected chi connectivity index (χ4v) is 7.29. The van der Waals surface area contributed by atoms with Crippen molar-refractivity contribution in [2.24, 2.45) is 11.8 Å². The lowest BCUT2D eigenvalue weighted by Gasteiger charge is -2.51. The first kappa shape index (κ1) is 32.5. The molecule has 5 heterocycles. The molecular formula is C33H38F3N7O4. The Kier molecular flexibility index (Phi) is 8.95. The van der Waals surface area contributed by atoms with Crippen molar-refractivity contribution in [2.75, 3.05) is 19.6 Å². The van der Waals surface area contributed by atoms with Crippen LogP contribution >= 0.6 is 0 Å². The Bertz CT molecular complexity index is 1680. The molecule has 2 bridgehead atoms. The number of carbonyl (C=O) groups is 4. The largest absolute Gasteiger partial charge is 0.433 e. The molecule has 6 rings (SSSR count). The van der Waals surface area contributed by atoms with Crippen molar-refractivity contribution < 1.29 is 32.3 Å². The van der Waals surface area contributed by atoms with E-state index in [1.165, 1.54) is 13.0 Å². The van der Waals surface area contributed by atoms with E-state index in [9.17, 15) is 32.3 Å². The number of carbonyl (C=O) groups excluding carboxylic acids is 4. The zero-order valence-electron chi connectivity index (χ0n) is 26.3. The number of halogens is 3. The Hall–Kier alpha value is -4.49. The number of rotatable bonds is 4. The molecule has 0 aliphatic carbocycles. The van der Waals surface area contributed by atoms with E-state index in [-0.39, 0.29) is 59.7 Å². The van der Waals surface area contributed by atoms with Gasteiger partial charge in [-0.25, -0.2) is 9.50 Å². The summed E-state index contributed by atoms with van der Waals surface area (Å²) in [6.07, 6.45) is -1.76. The van der Waals surface area contributed by atoms with Gasteiger partial charge in [-0.2, -0.15) is 18.3 Å². The molecule has 0 saturated carbocycles. The van der Waals surface area contributed by atoms with Gasteiger partial charge in [0, 0.05) is 43.9 Å². The fourth-order valence-electron chi connectivity index (χ4n) is 7.29. The van der Waals surface area contributed by atoms with E-state index in [2.05, 4.69) is 20.7 Å². The summed E-state index contributed by atoms with van der Waals surface area (Å²) in [5.41, 5.74) is -0.00498. The molecule has 47 heavy (non-hydrogen) atoms. The van der Waals surface area contributed by atoms with E-state index in [1.54, 1.807) is 16.7 Å². The van der Waals surface area contributed by atoms with Gasteiger partial charge in [0.2, 0.25) is 17.7 Å². The van der Waals surface area contributed by atoms with Gasteiger partial charge in [-0.1, -0.05) is 30.3 Å². The maximum Gasteiger partial charge on any atom is 0.433 e. The van der Waals surface area contributed by atoms with Crippen LogP contribution in [0.4, 0.5) is 13.2 Å². The third-order valence-electron chi connectivity index (χ3n) is 9.45. The Labute approximate surface area is 269 Å². The van der Waals surface area contributed by atoms with Crippen molar-refractivity contribution in [3.63, 3.8) is 0 Å². The second-order valence-electron chi connectivity index (χ2n) is 13.0. The first-order valence-corrected chi connectivity index (χ1v) is 16.1. The molecule has 11 nitrogen and oxygen atoms in total. The molecule has 3 fully saturated rings. The summed E-state index contributed by atoms with van der Waals surface area (Å²) in [5, 5.41) is 9.70. The van der Waals surface area contributed by atoms with Gasteiger partial charge in [-0.05, 0) is 69.4 Å². The number of piperidine rings is 2. The van der Waals surface area contributed by atoms with Crippen LogP contribution in [0.1, 0.15) is 66.5 Å². The van der Waals surface area contributed by atoms with Gasteiger partial charge < -0.3 is 20.4 Å². The van der Waals surface area contributed by atoms with Crippen LogP contribution in [0.3, 0.4) is 0 Å². The van der Waals surface area contributed by atoms with Crippen LogP contribution in [-0.4, -0.2) is 85.8 Å². The zero-order chi connectivity index (χ0) is 33.5. The predicted octanol–water partition coefficient (Wildman–Crippen LogP) is 3.15. The summed E-state index contributed by atoms with van der Waals surface area (Å²) >= 11 is 0. The minimum absolute atomic E-state index is 0.0643. The number of nitrogens with one attached hydrogen (secondary N) is 2. The lowest BCUT2D eigenvalue weighted by molar-refractivity contribution is -0.145. The average molecular weight is 654 g/mol. The number of amides is 4. The Morgan fingerprint density at radius 2 is 1.81 bits per heavy atom. The maximum atomic E-state index is 13.8. The molecule has 3 aliphatic heterocycles. The van der Waals surface area contributed by atoms with Crippen molar-refractivity contribution in [1.29, 1.82) is 0 Å². The van der Waals surface area contributed by atoms with Crippen molar-refractivity contribution in [3.05, 3.63) is 65.1 Å². The van der Waals surface area contributed by atoms with Gasteiger partial charge in [0.05, 0.1) is 0 Å². The molecule has 1 aromatic carbocycles. The van der Waals surface area contributed by atoms with E-state index in [0.717, 1.165) is 18.1 Å². The second-order valence-corrected chi connectivity index (χ2v) is 13.0. The molecule has 5 atom stereocenters. The van der Waals surface area contributed by atoms with Crippen molar-refractivity contribution in [3.8, 4) is 0 Å². The highest BCUT2D eigenvalue weighted by Gasteiger charge is 2.45. The lowest BCUT2D eigenvalue weighted by atomic mass is 9.77. The first-order chi connectivity index (χ1) is 22.4. The number of nitrogens with zero attached hydrogens (tertiary/aromatic N) is 5. The van der Waals surface area contributed by atoms with Crippen molar-refractivity contribution in [2.45, 2.75) is 76.7 Å². The highest BCUT2D eigenvalue weighted by molar-refractivity contribution is 5.94. The standard InChI is InChI=1S/C33H38F3N7O4/c1-19-13-27(33(34,35)36)43-28(37-19)15-25(40-43)32(47)41-16-22-14-23(18-41)26-9-6-10-29(44)39-24(12-11-21-7-4-3-5-8-21)30(45)38-20(2)31(46)42(26)17-22/h3-5,7-8,13,15,20,22-24,26H,6,9-12,14,16-18H2,1-2H3,(H,38,45)(H,39,44)/t20-,22+,23-,24+,26+/m1/s1. The molecule has 14 heteroatoms. The summed E-state index contributed by atoms with van der Waals surface area (Å²) in [5.74, 6) is -1.55. The minimum atomic E-state index is -4.68.